The Kier molecular flexibility index (Phi) is 6.85. The molecule has 3 aromatic rings. The third-order valence-electron chi connectivity index (χ3n) is 4.78. The van der Waals surface area contributed by atoms with Crippen molar-refractivity contribution in [3.05, 3.63) is 83.7 Å². The highest BCUT2D eigenvalue weighted by molar-refractivity contribution is 6.06. The van der Waals surface area contributed by atoms with Gasteiger partial charge in [0.05, 0.1) is 18.4 Å². The number of benzene rings is 2. The smallest absolute Gasteiger partial charge is 0.259 e. The Morgan fingerprint density at radius 3 is 2.69 bits per heavy atom. The molecule has 0 aliphatic carbocycles. The lowest BCUT2D eigenvalue weighted by Crippen LogP contribution is -2.30. The lowest BCUT2D eigenvalue weighted by atomic mass is 10.1. The molecule has 1 amide bonds. The maximum atomic E-state index is 13.1. The van der Waals surface area contributed by atoms with Crippen LogP contribution in [0, 0.1) is 6.92 Å². The molecule has 0 aliphatic heterocycles. The predicted octanol–water partition coefficient (Wildman–Crippen LogP) is 4.72. The quantitative estimate of drug-likeness (QED) is 0.606. The summed E-state index contributed by atoms with van der Waals surface area (Å²) >= 11 is 0. The number of pyridine rings is 1. The largest absolute Gasteiger partial charge is 0.496 e. The van der Waals surface area contributed by atoms with Gasteiger partial charge in [-0.2, -0.15) is 0 Å². The Hall–Kier alpha value is -3.34. The highest BCUT2D eigenvalue weighted by Crippen LogP contribution is 2.20. The monoisotopic (exact) mass is 389 g/mol. The molecular formula is C24H27N3O2. The molecule has 0 saturated carbocycles. The van der Waals surface area contributed by atoms with Crippen molar-refractivity contribution in [3.63, 3.8) is 0 Å². The molecule has 0 saturated heterocycles. The number of carbonyl (C=O) groups is 1. The number of aromatic nitrogens is 1. The van der Waals surface area contributed by atoms with Gasteiger partial charge < -0.3 is 15.0 Å². The number of carbonyl (C=O) groups excluding carboxylic acids is 1. The molecule has 1 N–H and O–H groups in total. The van der Waals surface area contributed by atoms with E-state index < -0.39 is 0 Å². The number of aryl methyl sites for hydroxylation is 1. The van der Waals surface area contributed by atoms with E-state index in [1.807, 2.05) is 62.4 Å². The molecule has 0 atom stereocenters. The Morgan fingerprint density at radius 2 is 1.93 bits per heavy atom. The van der Waals surface area contributed by atoms with Crippen LogP contribution in [0.1, 0.15) is 28.4 Å². The van der Waals surface area contributed by atoms with Gasteiger partial charge in [0, 0.05) is 31.2 Å². The van der Waals surface area contributed by atoms with E-state index in [4.69, 9.17) is 4.74 Å². The van der Waals surface area contributed by atoms with Crippen molar-refractivity contribution in [2.24, 2.45) is 0 Å². The van der Waals surface area contributed by atoms with E-state index in [0.29, 0.717) is 12.1 Å². The standard InChI is InChI=1S/C24H27N3O2/c1-4-27(22-10-7-8-18(2)14-22)24(28)20-15-21(17-25-16-20)26-13-12-19-9-5-6-11-23(19)29-3/h5-11,14-17,26H,4,12-13H2,1-3H3. The van der Waals surface area contributed by atoms with Gasteiger partial charge in [-0.15, -0.1) is 0 Å². The van der Waals surface area contributed by atoms with Crippen molar-refractivity contribution < 1.29 is 9.53 Å². The zero-order valence-corrected chi connectivity index (χ0v) is 17.2. The Balaban J connectivity index is 1.69. The summed E-state index contributed by atoms with van der Waals surface area (Å²) in [5.41, 5.74) is 4.55. The summed E-state index contributed by atoms with van der Waals surface area (Å²) in [5, 5.41) is 3.36. The summed E-state index contributed by atoms with van der Waals surface area (Å²) in [4.78, 5) is 19.1. The Labute approximate surface area is 172 Å². The van der Waals surface area contributed by atoms with E-state index in [0.717, 1.165) is 41.2 Å². The van der Waals surface area contributed by atoms with Gasteiger partial charge in [-0.05, 0) is 55.7 Å². The SMILES string of the molecule is CCN(C(=O)c1cncc(NCCc2ccccc2OC)c1)c1cccc(C)c1. The molecule has 0 aliphatic rings. The molecule has 0 bridgehead atoms. The molecule has 150 valence electrons. The van der Waals surface area contributed by atoms with Gasteiger partial charge in [0.15, 0.2) is 0 Å². The zero-order chi connectivity index (χ0) is 20.6. The van der Waals surface area contributed by atoms with Crippen molar-refractivity contribution >= 4 is 17.3 Å². The first-order valence-corrected chi connectivity index (χ1v) is 9.81. The minimum atomic E-state index is -0.0565. The van der Waals surface area contributed by atoms with E-state index in [1.165, 1.54) is 0 Å². The maximum absolute atomic E-state index is 13.1. The minimum Gasteiger partial charge on any atom is -0.496 e. The Morgan fingerprint density at radius 1 is 1.10 bits per heavy atom. The van der Waals surface area contributed by atoms with Gasteiger partial charge in [-0.1, -0.05) is 30.3 Å². The number of hydrogen-bond donors (Lipinski definition) is 1. The number of ether oxygens (including phenoxy) is 1. The van der Waals surface area contributed by atoms with Crippen molar-refractivity contribution in [2.75, 3.05) is 30.4 Å². The zero-order valence-electron chi connectivity index (χ0n) is 17.2. The summed E-state index contributed by atoms with van der Waals surface area (Å²) in [5.74, 6) is 0.826. The van der Waals surface area contributed by atoms with Crippen LogP contribution in [-0.4, -0.2) is 31.1 Å². The number of anilines is 2. The second-order valence-electron chi connectivity index (χ2n) is 6.84. The summed E-state index contributed by atoms with van der Waals surface area (Å²) < 4.78 is 5.40. The fourth-order valence-corrected chi connectivity index (χ4v) is 3.30. The molecular weight excluding hydrogens is 362 g/mol. The van der Waals surface area contributed by atoms with Crippen LogP contribution < -0.4 is 15.0 Å². The van der Waals surface area contributed by atoms with Gasteiger partial charge in [0.2, 0.25) is 0 Å². The molecule has 2 aromatic carbocycles. The number of nitrogens with zero attached hydrogens (tertiary/aromatic N) is 2. The van der Waals surface area contributed by atoms with E-state index in [9.17, 15) is 4.79 Å². The first kappa shape index (κ1) is 20.4. The second kappa shape index (κ2) is 9.73. The van der Waals surface area contributed by atoms with Crippen LogP contribution in [0.2, 0.25) is 0 Å². The Bertz CT molecular complexity index is 972. The van der Waals surface area contributed by atoms with Crippen LogP contribution in [-0.2, 0) is 6.42 Å². The molecule has 5 nitrogen and oxygen atoms in total. The van der Waals surface area contributed by atoms with Crippen LogP contribution in [0.25, 0.3) is 0 Å². The van der Waals surface area contributed by atoms with Gasteiger partial charge in [-0.3, -0.25) is 9.78 Å². The van der Waals surface area contributed by atoms with Gasteiger partial charge in [-0.25, -0.2) is 0 Å². The summed E-state index contributed by atoms with van der Waals surface area (Å²) in [6.45, 7) is 5.31. The van der Waals surface area contributed by atoms with Gasteiger partial charge in [0.1, 0.15) is 5.75 Å². The maximum Gasteiger partial charge on any atom is 0.259 e. The van der Waals surface area contributed by atoms with Crippen molar-refractivity contribution in [1.29, 1.82) is 0 Å². The van der Waals surface area contributed by atoms with Crippen LogP contribution in [0.5, 0.6) is 5.75 Å². The van der Waals surface area contributed by atoms with Crippen molar-refractivity contribution in [3.8, 4) is 5.75 Å². The summed E-state index contributed by atoms with van der Waals surface area (Å²) in [6.07, 6.45) is 4.17. The van der Waals surface area contributed by atoms with Crippen molar-refractivity contribution in [1.82, 2.24) is 4.98 Å². The lowest BCUT2D eigenvalue weighted by Gasteiger charge is -2.21. The average Bonchev–Trinajstić information content (AvgIpc) is 2.75. The van der Waals surface area contributed by atoms with E-state index in [1.54, 1.807) is 24.4 Å². The van der Waals surface area contributed by atoms with Crippen LogP contribution >= 0.6 is 0 Å². The molecule has 0 fully saturated rings. The number of amides is 1. The molecule has 0 radical (unpaired) electrons. The summed E-state index contributed by atoms with van der Waals surface area (Å²) in [6, 6.07) is 17.8. The second-order valence-corrected chi connectivity index (χ2v) is 6.84. The van der Waals surface area contributed by atoms with Crippen LogP contribution in [0.3, 0.4) is 0 Å². The van der Waals surface area contributed by atoms with E-state index >= 15 is 0 Å². The van der Waals surface area contributed by atoms with E-state index in [-0.39, 0.29) is 5.91 Å². The fraction of sp³-hybridized carbons (Fsp3) is 0.250. The summed E-state index contributed by atoms with van der Waals surface area (Å²) in [7, 11) is 1.68. The number of rotatable bonds is 8. The predicted molar refractivity (Wildman–Crippen MR) is 118 cm³/mol. The molecule has 1 heterocycles. The molecule has 0 spiro atoms. The average molecular weight is 389 g/mol. The lowest BCUT2D eigenvalue weighted by molar-refractivity contribution is 0.0988. The van der Waals surface area contributed by atoms with Crippen LogP contribution in [0.4, 0.5) is 11.4 Å². The van der Waals surface area contributed by atoms with Gasteiger partial charge >= 0.3 is 0 Å². The number of nitrogens with one attached hydrogen (secondary N) is 1. The molecule has 3 rings (SSSR count). The van der Waals surface area contributed by atoms with Crippen molar-refractivity contribution in [2.45, 2.75) is 20.3 Å². The minimum absolute atomic E-state index is 0.0565. The van der Waals surface area contributed by atoms with Gasteiger partial charge in [0.25, 0.3) is 5.91 Å². The van der Waals surface area contributed by atoms with Crippen LogP contribution in [0.15, 0.2) is 67.0 Å². The molecule has 5 heteroatoms. The first-order valence-electron chi connectivity index (χ1n) is 9.81. The molecule has 1 aromatic heterocycles. The third-order valence-corrected chi connectivity index (χ3v) is 4.78. The first-order chi connectivity index (χ1) is 14.1. The number of hydrogen-bond acceptors (Lipinski definition) is 4. The fourth-order valence-electron chi connectivity index (χ4n) is 3.30. The van der Waals surface area contributed by atoms with E-state index in [2.05, 4.69) is 16.4 Å². The topological polar surface area (TPSA) is 54.5 Å². The molecule has 0 unspecified atom stereocenters. The molecule has 29 heavy (non-hydrogen) atoms. The number of methoxy groups -OCH3 is 1. The third kappa shape index (κ3) is 5.13. The number of para-hydroxylation sites is 1. The highest BCUT2D eigenvalue weighted by Gasteiger charge is 2.17. The highest BCUT2D eigenvalue weighted by atomic mass is 16.5. The normalized spacial score (nSPS) is 10.4.